The smallest absolute Gasteiger partial charge is 0.255 e. The predicted molar refractivity (Wildman–Crippen MR) is 78.4 cm³/mol. The van der Waals surface area contributed by atoms with Gasteiger partial charge in [0.2, 0.25) is 0 Å². The second-order valence-electron chi connectivity index (χ2n) is 5.01. The van der Waals surface area contributed by atoms with Crippen LogP contribution >= 0.6 is 0 Å². The monoisotopic (exact) mass is 294 g/mol. The fourth-order valence-electron chi connectivity index (χ4n) is 2.27. The molecule has 0 bridgehead atoms. The standard InChI is InChI=1S/C15H22N2O4/c1-19-14-7-11(4-5-13(14)21-10-15(16)18)8-17-9-12-3-2-6-20-12/h4-5,7,12,17H,2-3,6,8-10H2,1H3,(H2,16,18)/t12-/m0/s1. The number of rotatable bonds is 8. The van der Waals surface area contributed by atoms with Gasteiger partial charge in [0.05, 0.1) is 13.2 Å². The summed E-state index contributed by atoms with van der Waals surface area (Å²) in [7, 11) is 1.57. The Morgan fingerprint density at radius 1 is 1.48 bits per heavy atom. The number of hydrogen-bond acceptors (Lipinski definition) is 5. The highest BCUT2D eigenvalue weighted by Gasteiger charge is 2.14. The van der Waals surface area contributed by atoms with Crippen molar-refractivity contribution in [1.29, 1.82) is 0 Å². The van der Waals surface area contributed by atoms with Crippen LogP contribution in [0.2, 0.25) is 0 Å². The quantitative estimate of drug-likeness (QED) is 0.742. The zero-order valence-corrected chi connectivity index (χ0v) is 12.3. The summed E-state index contributed by atoms with van der Waals surface area (Å²) in [4.78, 5) is 10.7. The highest BCUT2D eigenvalue weighted by Crippen LogP contribution is 2.28. The number of carbonyl (C=O) groups excluding carboxylic acids is 1. The average Bonchev–Trinajstić information content (AvgIpc) is 2.98. The number of primary amides is 1. The summed E-state index contributed by atoms with van der Waals surface area (Å²) in [6.45, 7) is 2.29. The molecule has 1 heterocycles. The van der Waals surface area contributed by atoms with Crippen molar-refractivity contribution in [1.82, 2.24) is 5.32 Å². The van der Waals surface area contributed by atoms with Gasteiger partial charge in [0.15, 0.2) is 18.1 Å². The molecule has 6 heteroatoms. The third kappa shape index (κ3) is 4.91. The van der Waals surface area contributed by atoms with Gasteiger partial charge in [-0.15, -0.1) is 0 Å². The summed E-state index contributed by atoms with van der Waals surface area (Å²) in [6, 6.07) is 5.60. The molecule has 0 spiro atoms. The topological polar surface area (TPSA) is 82.8 Å². The van der Waals surface area contributed by atoms with E-state index in [1.165, 1.54) is 0 Å². The largest absolute Gasteiger partial charge is 0.493 e. The lowest BCUT2D eigenvalue weighted by Gasteiger charge is -2.13. The van der Waals surface area contributed by atoms with Gasteiger partial charge in [-0.3, -0.25) is 4.79 Å². The van der Waals surface area contributed by atoms with Gasteiger partial charge in [-0.2, -0.15) is 0 Å². The summed E-state index contributed by atoms with van der Waals surface area (Å²) in [5.74, 6) is 0.589. The number of benzene rings is 1. The van der Waals surface area contributed by atoms with E-state index in [0.29, 0.717) is 17.6 Å². The number of ether oxygens (including phenoxy) is 3. The summed E-state index contributed by atoms with van der Waals surface area (Å²) in [6.07, 6.45) is 2.59. The summed E-state index contributed by atoms with van der Waals surface area (Å²) in [5.41, 5.74) is 6.14. The van der Waals surface area contributed by atoms with E-state index in [1.54, 1.807) is 13.2 Å². The number of carbonyl (C=O) groups is 1. The molecule has 1 aromatic carbocycles. The van der Waals surface area contributed by atoms with Crippen molar-refractivity contribution in [2.24, 2.45) is 5.73 Å². The molecule has 6 nitrogen and oxygen atoms in total. The van der Waals surface area contributed by atoms with E-state index in [9.17, 15) is 4.79 Å². The fraction of sp³-hybridized carbons (Fsp3) is 0.533. The molecule has 1 aliphatic heterocycles. The third-order valence-corrected chi connectivity index (χ3v) is 3.32. The van der Waals surface area contributed by atoms with Crippen molar-refractivity contribution in [2.45, 2.75) is 25.5 Å². The van der Waals surface area contributed by atoms with Gasteiger partial charge in [-0.05, 0) is 30.5 Å². The first-order valence-electron chi connectivity index (χ1n) is 7.09. The Bertz CT molecular complexity index is 473. The van der Waals surface area contributed by atoms with Crippen LogP contribution in [-0.2, 0) is 16.1 Å². The molecule has 1 atom stereocenters. The zero-order chi connectivity index (χ0) is 15.1. The highest BCUT2D eigenvalue weighted by molar-refractivity contribution is 5.75. The zero-order valence-electron chi connectivity index (χ0n) is 12.3. The fourth-order valence-corrected chi connectivity index (χ4v) is 2.27. The Labute approximate surface area is 124 Å². The molecule has 1 amide bonds. The average molecular weight is 294 g/mol. The Morgan fingerprint density at radius 2 is 2.33 bits per heavy atom. The maximum absolute atomic E-state index is 10.7. The minimum Gasteiger partial charge on any atom is -0.493 e. The van der Waals surface area contributed by atoms with E-state index in [-0.39, 0.29) is 6.61 Å². The highest BCUT2D eigenvalue weighted by atomic mass is 16.5. The van der Waals surface area contributed by atoms with Crippen LogP contribution < -0.4 is 20.5 Å². The molecule has 1 saturated heterocycles. The van der Waals surface area contributed by atoms with Gasteiger partial charge >= 0.3 is 0 Å². The van der Waals surface area contributed by atoms with Gasteiger partial charge in [0, 0.05) is 19.7 Å². The molecule has 3 N–H and O–H groups in total. The van der Waals surface area contributed by atoms with Crippen molar-refractivity contribution >= 4 is 5.91 Å². The van der Waals surface area contributed by atoms with Crippen molar-refractivity contribution in [3.05, 3.63) is 23.8 Å². The second kappa shape index (κ2) is 7.85. The van der Waals surface area contributed by atoms with Crippen molar-refractivity contribution in [2.75, 3.05) is 26.9 Å². The molecule has 1 fully saturated rings. The van der Waals surface area contributed by atoms with Crippen molar-refractivity contribution in [3.8, 4) is 11.5 Å². The lowest BCUT2D eigenvalue weighted by Crippen LogP contribution is -2.25. The van der Waals surface area contributed by atoms with Gasteiger partial charge in [0.25, 0.3) is 5.91 Å². The number of nitrogens with two attached hydrogens (primary N) is 1. The molecule has 0 radical (unpaired) electrons. The van der Waals surface area contributed by atoms with Crippen LogP contribution in [0.1, 0.15) is 18.4 Å². The first kappa shape index (κ1) is 15.6. The van der Waals surface area contributed by atoms with Crippen LogP contribution in [0.4, 0.5) is 0 Å². The molecule has 0 aliphatic carbocycles. The normalized spacial score (nSPS) is 17.7. The van der Waals surface area contributed by atoms with E-state index in [4.69, 9.17) is 19.9 Å². The van der Waals surface area contributed by atoms with E-state index in [0.717, 1.165) is 38.1 Å². The summed E-state index contributed by atoms with van der Waals surface area (Å²) >= 11 is 0. The maximum atomic E-state index is 10.7. The van der Waals surface area contributed by atoms with Crippen molar-refractivity contribution in [3.63, 3.8) is 0 Å². The molecule has 2 rings (SSSR count). The summed E-state index contributed by atoms with van der Waals surface area (Å²) in [5, 5.41) is 3.37. The van der Waals surface area contributed by atoms with E-state index in [2.05, 4.69) is 5.32 Å². The lowest BCUT2D eigenvalue weighted by molar-refractivity contribution is -0.119. The predicted octanol–water partition coefficient (Wildman–Crippen LogP) is 0.828. The minimum atomic E-state index is -0.514. The Balaban J connectivity index is 1.86. The van der Waals surface area contributed by atoms with Crippen LogP contribution in [0.15, 0.2) is 18.2 Å². The Hall–Kier alpha value is -1.79. The van der Waals surface area contributed by atoms with Crippen molar-refractivity contribution < 1.29 is 19.0 Å². The Morgan fingerprint density at radius 3 is 3.00 bits per heavy atom. The molecular weight excluding hydrogens is 272 g/mol. The molecule has 1 aliphatic rings. The van der Waals surface area contributed by atoms with Crippen LogP contribution in [0, 0.1) is 0 Å². The molecule has 0 aromatic heterocycles. The lowest BCUT2D eigenvalue weighted by atomic mass is 10.2. The summed E-state index contributed by atoms with van der Waals surface area (Å²) < 4.78 is 16.1. The number of amides is 1. The first-order chi connectivity index (χ1) is 10.2. The molecule has 21 heavy (non-hydrogen) atoms. The van der Waals surface area contributed by atoms with Gasteiger partial charge in [-0.25, -0.2) is 0 Å². The SMILES string of the molecule is COc1cc(CNC[C@@H]2CCCO2)ccc1OCC(N)=O. The van der Waals surface area contributed by atoms with E-state index in [1.807, 2.05) is 12.1 Å². The van der Waals surface area contributed by atoms with E-state index < -0.39 is 5.91 Å². The van der Waals surface area contributed by atoms with E-state index >= 15 is 0 Å². The first-order valence-corrected chi connectivity index (χ1v) is 7.09. The number of methoxy groups -OCH3 is 1. The Kier molecular flexibility index (Phi) is 5.83. The molecule has 116 valence electrons. The molecule has 0 unspecified atom stereocenters. The molecular formula is C15H22N2O4. The number of hydrogen-bond donors (Lipinski definition) is 2. The number of nitrogens with one attached hydrogen (secondary N) is 1. The third-order valence-electron chi connectivity index (χ3n) is 3.32. The second-order valence-corrected chi connectivity index (χ2v) is 5.01. The molecule has 0 saturated carbocycles. The van der Waals surface area contributed by atoms with Crippen LogP contribution in [-0.4, -0.2) is 38.9 Å². The van der Waals surface area contributed by atoms with Gasteiger partial charge in [0.1, 0.15) is 0 Å². The van der Waals surface area contributed by atoms with Crippen LogP contribution in [0.3, 0.4) is 0 Å². The van der Waals surface area contributed by atoms with Gasteiger partial charge in [-0.1, -0.05) is 6.07 Å². The minimum absolute atomic E-state index is 0.160. The van der Waals surface area contributed by atoms with Crippen LogP contribution in [0.25, 0.3) is 0 Å². The van der Waals surface area contributed by atoms with Gasteiger partial charge < -0.3 is 25.3 Å². The molecule has 1 aromatic rings. The maximum Gasteiger partial charge on any atom is 0.255 e. The van der Waals surface area contributed by atoms with Crippen LogP contribution in [0.5, 0.6) is 11.5 Å².